The average Bonchev–Trinajstić information content (AvgIpc) is 2.27. The highest BCUT2D eigenvalue weighted by Crippen LogP contribution is 2.63. The molecule has 19 heavy (non-hydrogen) atoms. The van der Waals surface area contributed by atoms with Gasteiger partial charge in [0.05, 0.1) is 0 Å². The van der Waals surface area contributed by atoms with E-state index in [9.17, 15) is 48.3 Å². The fourth-order valence-corrected chi connectivity index (χ4v) is 1.33. The summed E-state index contributed by atoms with van der Waals surface area (Å²) in [6.45, 7) is -2.94. The van der Waals surface area contributed by atoms with Gasteiger partial charge in [0.25, 0.3) is 0 Å². The Morgan fingerprint density at radius 1 is 0.842 bits per heavy atom. The van der Waals surface area contributed by atoms with Crippen LogP contribution in [0.3, 0.4) is 0 Å². The smallest absolute Gasteiger partial charge is 0.329 e. The van der Waals surface area contributed by atoms with Crippen molar-refractivity contribution in [1.29, 1.82) is 0 Å². The Hall–Kier alpha value is -0.810. The molecular weight excluding hydrogens is 309 g/mol. The lowest BCUT2D eigenvalue weighted by atomic mass is 10.1. The summed E-state index contributed by atoms with van der Waals surface area (Å²) >= 11 is 0. The van der Waals surface area contributed by atoms with Gasteiger partial charge in [0.1, 0.15) is 6.61 Å². The van der Waals surface area contributed by atoms with Gasteiger partial charge in [-0.1, -0.05) is 0 Å². The van der Waals surface area contributed by atoms with Crippen LogP contribution >= 0.6 is 0 Å². The summed E-state index contributed by atoms with van der Waals surface area (Å²) in [4.78, 5) is 0. The molecule has 0 saturated heterocycles. The average molecular weight is 312 g/mol. The molecule has 2 atom stereocenters. The van der Waals surface area contributed by atoms with Crippen LogP contribution in [0.15, 0.2) is 0 Å². The minimum atomic E-state index is -6.54. The first-order valence-corrected chi connectivity index (χ1v) is 4.28. The summed E-state index contributed by atoms with van der Waals surface area (Å²) in [5.74, 6) is -25.0. The largest absolute Gasteiger partial charge is 0.411 e. The second-order valence-corrected chi connectivity index (χ2v) is 3.68. The Labute approximate surface area is 96.9 Å². The number of hydrogen-bond donors (Lipinski definition) is 0. The SMILES string of the molecule is FC1C(F)(F)C(F)(F)C(F)(F)C1(F)OCC(F)(F)F. The van der Waals surface area contributed by atoms with Gasteiger partial charge in [0, 0.05) is 0 Å². The number of halogens is 11. The molecule has 0 bridgehead atoms. The second kappa shape index (κ2) is 3.85. The molecular formula is C7H3F11O. The summed E-state index contributed by atoms with van der Waals surface area (Å²) < 4.78 is 139. The van der Waals surface area contributed by atoms with Crippen LogP contribution in [0.4, 0.5) is 48.3 Å². The maximum Gasteiger partial charge on any atom is 0.411 e. The molecule has 1 rings (SSSR count). The van der Waals surface area contributed by atoms with Crippen molar-refractivity contribution < 1.29 is 53.0 Å². The molecule has 1 aliphatic rings. The van der Waals surface area contributed by atoms with E-state index >= 15 is 0 Å². The first-order valence-electron chi connectivity index (χ1n) is 4.28. The Kier molecular flexibility index (Phi) is 3.30. The molecule has 12 heteroatoms. The maximum atomic E-state index is 13.2. The zero-order valence-corrected chi connectivity index (χ0v) is 8.35. The molecule has 0 amide bonds. The van der Waals surface area contributed by atoms with Gasteiger partial charge >= 0.3 is 29.8 Å². The van der Waals surface area contributed by atoms with Gasteiger partial charge < -0.3 is 4.74 Å². The van der Waals surface area contributed by atoms with E-state index in [1.165, 1.54) is 0 Å². The van der Waals surface area contributed by atoms with Gasteiger partial charge in [0.2, 0.25) is 6.17 Å². The van der Waals surface area contributed by atoms with Crippen molar-refractivity contribution in [2.75, 3.05) is 6.61 Å². The molecule has 0 aliphatic heterocycles. The molecule has 0 aromatic carbocycles. The first kappa shape index (κ1) is 16.2. The van der Waals surface area contributed by atoms with Crippen LogP contribution < -0.4 is 0 Å². The fourth-order valence-electron chi connectivity index (χ4n) is 1.33. The number of rotatable bonds is 2. The van der Waals surface area contributed by atoms with Crippen molar-refractivity contribution in [3.8, 4) is 0 Å². The molecule has 0 aromatic heterocycles. The summed E-state index contributed by atoms with van der Waals surface area (Å²) in [6, 6.07) is 0. The monoisotopic (exact) mass is 312 g/mol. The number of ether oxygens (including phenoxy) is 1. The molecule has 0 aromatic rings. The predicted molar refractivity (Wildman–Crippen MR) is 35.6 cm³/mol. The summed E-state index contributed by atoms with van der Waals surface area (Å²) in [6.07, 6.45) is -10.5. The minimum absolute atomic E-state index is 2.68. The van der Waals surface area contributed by atoms with Gasteiger partial charge in [-0.15, -0.1) is 0 Å². The highest BCUT2D eigenvalue weighted by Gasteiger charge is 2.94. The Balaban J connectivity index is 3.20. The number of alkyl halides is 11. The molecule has 0 radical (unpaired) electrons. The third kappa shape index (κ3) is 1.94. The molecule has 1 aliphatic carbocycles. The molecule has 0 N–H and O–H groups in total. The van der Waals surface area contributed by atoms with Gasteiger partial charge in [-0.2, -0.15) is 39.5 Å². The van der Waals surface area contributed by atoms with Gasteiger partial charge in [-0.25, -0.2) is 8.78 Å². The van der Waals surface area contributed by atoms with Gasteiger partial charge in [-0.05, 0) is 0 Å². The van der Waals surface area contributed by atoms with Crippen molar-refractivity contribution >= 4 is 0 Å². The molecule has 1 fully saturated rings. The highest BCUT2D eigenvalue weighted by molar-refractivity contribution is 5.19. The highest BCUT2D eigenvalue weighted by atomic mass is 19.4. The third-order valence-corrected chi connectivity index (χ3v) is 2.33. The van der Waals surface area contributed by atoms with Crippen LogP contribution in [0.2, 0.25) is 0 Å². The fraction of sp³-hybridized carbons (Fsp3) is 1.00. The van der Waals surface area contributed by atoms with E-state index in [-0.39, 0.29) is 0 Å². The van der Waals surface area contributed by atoms with E-state index in [2.05, 4.69) is 4.74 Å². The van der Waals surface area contributed by atoms with E-state index in [4.69, 9.17) is 0 Å². The lowest BCUT2D eigenvalue weighted by Gasteiger charge is -2.28. The Morgan fingerprint density at radius 2 is 1.26 bits per heavy atom. The summed E-state index contributed by atoms with van der Waals surface area (Å²) in [5, 5.41) is 0. The zero-order chi connectivity index (χ0) is 15.5. The molecule has 0 spiro atoms. The Morgan fingerprint density at radius 3 is 1.53 bits per heavy atom. The molecule has 0 heterocycles. The van der Waals surface area contributed by atoms with Crippen LogP contribution in [-0.4, -0.2) is 42.6 Å². The Bertz CT molecular complexity index is 361. The van der Waals surface area contributed by atoms with E-state index in [0.717, 1.165) is 0 Å². The number of hydrogen-bond acceptors (Lipinski definition) is 1. The van der Waals surface area contributed by atoms with Crippen LogP contribution in [0.1, 0.15) is 0 Å². The standard InChI is InChI=1S/C7H3F11O/c8-2-4(12,13)6(15,16)7(17,18)5(2,14)19-1-3(9,10)11/h2H,1H2. The topological polar surface area (TPSA) is 9.23 Å². The van der Waals surface area contributed by atoms with Crippen molar-refractivity contribution in [2.24, 2.45) is 0 Å². The lowest BCUT2D eigenvalue weighted by Crippen LogP contribution is -2.54. The van der Waals surface area contributed by atoms with E-state index < -0.39 is 42.6 Å². The molecule has 1 nitrogen and oxygen atoms in total. The van der Waals surface area contributed by atoms with Gasteiger partial charge in [0.15, 0.2) is 0 Å². The molecule has 114 valence electrons. The zero-order valence-electron chi connectivity index (χ0n) is 8.35. The summed E-state index contributed by atoms with van der Waals surface area (Å²) in [5.41, 5.74) is 0. The maximum absolute atomic E-state index is 13.2. The normalized spacial score (nSPS) is 36.5. The van der Waals surface area contributed by atoms with Crippen LogP contribution in [0.25, 0.3) is 0 Å². The second-order valence-electron chi connectivity index (χ2n) is 3.68. The van der Waals surface area contributed by atoms with Crippen LogP contribution in [-0.2, 0) is 4.74 Å². The lowest BCUT2D eigenvalue weighted by molar-refractivity contribution is -0.345. The minimum Gasteiger partial charge on any atom is -0.329 e. The van der Waals surface area contributed by atoms with Crippen molar-refractivity contribution in [3.05, 3.63) is 0 Å². The first-order chi connectivity index (χ1) is 8.11. The van der Waals surface area contributed by atoms with Crippen LogP contribution in [0.5, 0.6) is 0 Å². The predicted octanol–water partition coefficient (Wildman–Crippen LogP) is 3.49. The van der Waals surface area contributed by atoms with Crippen molar-refractivity contribution in [1.82, 2.24) is 0 Å². The van der Waals surface area contributed by atoms with Gasteiger partial charge in [-0.3, -0.25) is 0 Å². The van der Waals surface area contributed by atoms with E-state index in [1.54, 1.807) is 0 Å². The molecule has 1 saturated carbocycles. The van der Waals surface area contributed by atoms with Crippen LogP contribution in [0, 0.1) is 0 Å². The van der Waals surface area contributed by atoms with E-state index in [1.807, 2.05) is 0 Å². The molecule has 2 unspecified atom stereocenters. The van der Waals surface area contributed by atoms with Crippen molar-refractivity contribution in [3.63, 3.8) is 0 Å². The van der Waals surface area contributed by atoms with Crippen molar-refractivity contribution in [2.45, 2.75) is 36.0 Å². The summed E-state index contributed by atoms with van der Waals surface area (Å²) in [7, 11) is 0. The quantitative estimate of drug-likeness (QED) is 0.709. The third-order valence-electron chi connectivity index (χ3n) is 2.33. The van der Waals surface area contributed by atoms with E-state index in [0.29, 0.717) is 0 Å².